The lowest BCUT2D eigenvalue weighted by molar-refractivity contribution is -0.131. The summed E-state index contributed by atoms with van der Waals surface area (Å²) in [6.07, 6.45) is 2.24. The Balaban J connectivity index is 1.85. The molecular weight excluding hydrogens is 378 g/mol. The standard InChI is InChI=1S/C19H37N5O3S/c1-5-20-18(21-8-15-28(26,27)19(2,3)4)24-13-11-22(12-14-24)16-17(25)23-9-6-7-10-23/h5-16H2,1-4H3,(H,20,21). The fourth-order valence-electron chi connectivity index (χ4n) is 3.38. The van der Waals surface area contributed by atoms with Crippen LogP contribution in [0, 0.1) is 0 Å². The summed E-state index contributed by atoms with van der Waals surface area (Å²) in [5.41, 5.74) is 0. The quantitative estimate of drug-likeness (QED) is 0.499. The molecule has 0 bridgehead atoms. The van der Waals surface area contributed by atoms with Crippen molar-refractivity contribution in [1.82, 2.24) is 20.0 Å². The number of nitrogens with zero attached hydrogens (tertiary/aromatic N) is 4. The maximum absolute atomic E-state index is 12.3. The van der Waals surface area contributed by atoms with Gasteiger partial charge in [-0.2, -0.15) is 0 Å². The van der Waals surface area contributed by atoms with E-state index in [-0.39, 0.29) is 18.2 Å². The summed E-state index contributed by atoms with van der Waals surface area (Å²) < 4.78 is 23.8. The number of hydrogen-bond donors (Lipinski definition) is 1. The molecule has 0 unspecified atom stereocenters. The number of sulfone groups is 1. The minimum absolute atomic E-state index is 0.0513. The van der Waals surface area contributed by atoms with Crippen LogP contribution in [0.1, 0.15) is 40.5 Å². The molecule has 2 aliphatic rings. The number of rotatable bonds is 6. The topological polar surface area (TPSA) is 85.3 Å². The first kappa shape index (κ1) is 22.9. The third kappa shape index (κ3) is 6.34. The minimum Gasteiger partial charge on any atom is -0.357 e. The van der Waals surface area contributed by atoms with Gasteiger partial charge in [-0.25, -0.2) is 8.42 Å². The number of amides is 1. The van der Waals surface area contributed by atoms with E-state index in [0.29, 0.717) is 6.54 Å². The van der Waals surface area contributed by atoms with Crippen molar-refractivity contribution < 1.29 is 13.2 Å². The second-order valence-electron chi connectivity index (χ2n) is 8.52. The van der Waals surface area contributed by atoms with Gasteiger partial charge in [0.15, 0.2) is 15.8 Å². The van der Waals surface area contributed by atoms with Crippen molar-refractivity contribution in [3.05, 3.63) is 0 Å². The van der Waals surface area contributed by atoms with E-state index in [1.807, 2.05) is 11.8 Å². The molecule has 1 amide bonds. The molecule has 2 rings (SSSR count). The van der Waals surface area contributed by atoms with E-state index in [9.17, 15) is 13.2 Å². The first-order chi connectivity index (χ1) is 13.1. The zero-order chi connectivity index (χ0) is 20.8. The predicted molar refractivity (Wildman–Crippen MR) is 113 cm³/mol. The molecule has 162 valence electrons. The molecule has 2 heterocycles. The van der Waals surface area contributed by atoms with Gasteiger partial charge in [-0.1, -0.05) is 0 Å². The van der Waals surface area contributed by atoms with Gasteiger partial charge in [-0.15, -0.1) is 0 Å². The summed E-state index contributed by atoms with van der Waals surface area (Å²) in [5.74, 6) is 1.05. The molecule has 0 aromatic rings. The smallest absolute Gasteiger partial charge is 0.236 e. The fourth-order valence-corrected chi connectivity index (χ4v) is 4.32. The highest BCUT2D eigenvalue weighted by Crippen LogP contribution is 2.15. The Morgan fingerprint density at radius 2 is 1.61 bits per heavy atom. The molecule has 9 heteroatoms. The number of hydrogen-bond acceptors (Lipinski definition) is 5. The van der Waals surface area contributed by atoms with Crippen molar-refractivity contribution in [1.29, 1.82) is 0 Å². The van der Waals surface area contributed by atoms with Gasteiger partial charge >= 0.3 is 0 Å². The maximum Gasteiger partial charge on any atom is 0.236 e. The van der Waals surface area contributed by atoms with Crippen molar-refractivity contribution in [2.75, 3.05) is 64.7 Å². The molecule has 0 aromatic carbocycles. The molecule has 0 spiro atoms. The Bertz CT molecular complexity index is 643. The summed E-state index contributed by atoms with van der Waals surface area (Å²) in [5, 5.41) is 3.27. The highest BCUT2D eigenvalue weighted by Gasteiger charge is 2.29. The molecule has 8 nitrogen and oxygen atoms in total. The Morgan fingerprint density at radius 1 is 1.00 bits per heavy atom. The monoisotopic (exact) mass is 415 g/mol. The van der Waals surface area contributed by atoms with Crippen LogP contribution in [0.2, 0.25) is 0 Å². The van der Waals surface area contributed by atoms with Gasteiger partial charge in [0, 0.05) is 45.8 Å². The van der Waals surface area contributed by atoms with Crippen LogP contribution in [0.3, 0.4) is 0 Å². The van der Waals surface area contributed by atoms with Gasteiger partial charge in [0.05, 0.1) is 23.6 Å². The number of piperazine rings is 1. The Labute approximate surface area is 170 Å². The number of likely N-dealkylation sites (tertiary alicyclic amines) is 1. The third-order valence-electron chi connectivity index (χ3n) is 5.38. The summed E-state index contributed by atoms with van der Waals surface area (Å²) in [6, 6.07) is 0. The number of aliphatic imine (C=N–C) groups is 1. The Hall–Kier alpha value is -1.35. The lowest BCUT2D eigenvalue weighted by Gasteiger charge is -2.36. The van der Waals surface area contributed by atoms with Crippen LogP contribution >= 0.6 is 0 Å². The van der Waals surface area contributed by atoms with E-state index < -0.39 is 14.6 Å². The number of carbonyl (C=O) groups is 1. The third-order valence-corrected chi connectivity index (χ3v) is 7.97. The fraction of sp³-hybridized carbons (Fsp3) is 0.895. The highest BCUT2D eigenvalue weighted by atomic mass is 32.2. The molecule has 0 radical (unpaired) electrons. The second-order valence-corrected chi connectivity index (χ2v) is 11.4. The van der Waals surface area contributed by atoms with Gasteiger partial charge in [0.25, 0.3) is 0 Å². The van der Waals surface area contributed by atoms with E-state index in [0.717, 1.165) is 64.6 Å². The first-order valence-electron chi connectivity index (χ1n) is 10.4. The first-order valence-corrected chi connectivity index (χ1v) is 12.0. The molecule has 0 aromatic heterocycles. The molecule has 2 fully saturated rings. The van der Waals surface area contributed by atoms with Crippen LogP contribution in [0.5, 0.6) is 0 Å². The van der Waals surface area contributed by atoms with Crippen molar-refractivity contribution in [2.24, 2.45) is 4.99 Å². The highest BCUT2D eigenvalue weighted by molar-refractivity contribution is 7.92. The van der Waals surface area contributed by atoms with E-state index in [2.05, 4.69) is 20.1 Å². The SMILES string of the molecule is CCNC(=NCCS(=O)(=O)C(C)(C)C)N1CCN(CC(=O)N2CCCC2)CC1. The molecule has 0 saturated carbocycles. The summed E-state index contributed by atoms with van der Waals surface area (Å²) in [4.78, 5) is 23.2. The van der Waals surface area contributed by atoms with Gasteiger partial charge in [0.1, 0.15) is 0 Å². The zero-order valence-corrected chi connectivity index (χ0v) is 18.7. The Kier molecular flexibility index (Phi) is 8.12. The van der Waals surface area contributed by atoms with E-state index in [4.69, 9.17) is 0 Å². The lowest BCUT2D eigenvalue weighted by atomic mass is 10.3. The molecule has 0 atom stereocenters. The largest absolute Gasteiger partial charge is 0.357 e. The van der Waals surface area contributed by atoms with Crippen LogP contribution in [0.4, 0.5) is 0 Å². The minimum atomic E-state index is -3.17. The van der Waals surface area contributed by atoms with E-state index >= 15 is 0 Å². The molecule has 1 N–H and O–H groups in total. The summed E-state index contributed by atoms with van der Waals surface area (Å²) in [7, 11) is -3.17. The van der Waals surface area contributed by atoms with Gasteiger partial charge in [0.2, 0.25) is 5.91 Å². The average molecular weight is 416 g/mol. The summed E-state index contributed by atoms with van der Waals surface area (Å²) >= 11 is 0. The van der Waals surface area contributed by atoms with Crippen LogP contribution in [-0.2, 0) is 14.6 Å². The predicted octanol–water partition coefficient (Wildman–Crippen LogP) is 0.405. The van der Waals surface area contributed by atoms with Crippen LogP contribution < -0.4 is 5.32 Å². The van der Waals surface area contributed by atoms with Crippen molar-refractivity contribution in [2.45, 2.75) is 45.3 Å². The van der Waals surface area contributed by atoms with E-state index in [1.165, 1.54) is 0 Å². The van der Waals surface area contributed by atoms with Crippen molar-refractivity contribution in [3.8, 4) is 0 Å². The number of guanidine groups is 1. The van der Waals surface area contributed by atoms with Crippen molar-refractivity contribution in [3.63, 3.8) is 0 Å². The maximum atomic E-state index is 12.3. The molecular formula is C19H37N5O3S. The van der Waals surface area contributed by atoms with Gasteiger partial charge in [-0.3, -0.25) is 14.7 Å². The van der Waals surface area contributed by atoms with Crippen LogP contribution in [0.25, 0.3) is 0 Å². The van der Waals surface area contributed by atoms with Gasteiger partial charge < -0.3 is 15.1 Å². The molecule has 2 saturated heterocycles. The van der Waals surface area contributed by atoms with Crippen molar-refractivity contribution >= 4 is 21.7 Å². The average Bonchev–Trinajstić information content (AvgIpc) is 3.15. The van der Waals surface area contributed by atoms with Gasteiger partial charge in [-0.05, 0) is 40.5 Å². The number of nitrogens with one attached hydrogen (secondary N) is 1. The molecule has 28 heavy (non-hydrogen) atoms. The number of carbonyl (C=O) groups excluding carboxylic acids is 1. The normalized spacial score (nSPS) is 19.9. The van der Waals surface area contributed by atoms with E-state index in [1.54, 1.807) is 20.8 Å². The zero-order valence-electron chi connectivity index (χ0n) is 17.9. The molecule has 0 aliphatic carbocycles. The van der Waals surface area contributed by atoms with Crippen LogP contribution in [0.15, 0.2) is 4.99 Å². The second kappa shape index (κ2) is 9.91. The van der Waals surface area contributed by atoms with Crippen LogP contribution in [-0.4, -0.2) is 104 Å². The Morgan fingerprint density at radius 3 is 2.14 bits per heavy atom. The summed E-state index contributed by atoms with van der Waals surface area (Å²) in [6.45, 7) is 13.6. The molecule has 2 aliphatic heterocycles. The lowest BCUT2D eigenvalue weighted by Crippen LogP contribution is -2.54.